The minimum Gasteiger partial charge on any atom is -0.493 e. The fraction of sp³-hybridized carbons (Fsp3) is 0.636. The Morgan fingerprint density at radius 3 is 2.00 bits per heavy atom. The minimum atomic E-state index is -0.940. The van der Waals surface area contributed by atoms with Crippen LogP contribution in [0, 0.1) is 11.8 Å². The summed E-state index contributed by atoms with van der Waals surface area (Å²) < 4.78 is 5.91. The van der Waals surface area contributed by atoms with E-state index in [2.05, 4.69) is 6.92 Å². The number of carboxylic acid groups (broad SMARTS) is 2. The fourth-order valence-electron chi connectivity index (χ4n) is 3.34. The molecule has 5 nitrogen and oxygen atoms in total. The normalized spacial score (nSPS) is 13.6. The summed E-state index contributed by atoms with van der Waals surface area (Å²) in [5, 5.41) is 19.7. The van der Waals surface area contributed by atoms with Gasteiger partial charge in [-0.3, -0.25) is 9.59 Å². The van der Waals surface area contributed by atoms with Crippen LogP contribution in [0.25, 0.3) is 0 Å². The third-order valence-electron chi connectivity index (χ3n) is 4.59. The second-order valence-electron chi connectivity index (χ2n) is 8.00. The van der Waals surface area contributed by atoms with E-state index in [1.807, 2.05) is 27.7 Å². The molecule has 0 radical (unpaired) electrons. The van der Waals surface area contributed by atoms with Crippen molar-refractivity contribution in [3.8, 4) is 5.75 Å². The van der Waals surface area contributed by atoms with Crippen LogP contribution in [0.2, 0.25) is 0 Å². The summed E-state index contributed by atoms with van der Waals surface area (Å²) in [7, 11) is 0. The first-order chi connectivity index (χ1) is 12.7. The Hall–Kier alpha value is -2.04. The third-order valence-corrected chi connectivity index (χ3v) is 4.59. The Morgan fingerprint density at radius 2 is 1.52 bits per heavy atom. The molecule has 2 N–H and O–H groups in total. The van der Waals surface area contributed by atoms with Gasteiger partial charge in [-0.1, -0.05) is 53.2 Å². The lowest BCUT2D eigenvalue weighted by Crippen LogP contribution is -2.22. The number of aliphatic carboxylic acids is 2. The van der Waals surface area contributed by atoms with Crippen molar-refractivity contribution in [2.75, 3.05) is 6.61 Å². The molecular weight excluding hydrogens is 344 g/mol. The number of ether oxygens (including phenoxy) is 1. The van der Waals surface area contributed by atoms with Gasteiger partial charge in [0.1, 0.15) is 5.75 Å². The lowest BCUT2D eigenvalue weighted by Gasteiger charge is -2.25. The second-order valence-corrected chi connectivity index (χ2v) is 8.00. The molecule has 27 heavy (non-hydrogen) atoms. The number of benzene rings is 1. The van der Waals surface area contributed by atoms with E-state index in [9.17, 15) is 19.8 Å². The molecule has 0 fully saturated rings. The highest BCUT2D eigenvalue weighted by Gasteiger charge is 2.32. The van der Waals surface area contributed by atoms with Crippen molar-refractivity contribution in [2.24, 2.45) is 11.8 Å². The average molecular weight is 379 g/mol. The van der Waals surface area contributed by atoms with Crippen LogP contribution in [-0.2, 0) is 9.59 Å². The molecule has 0 bridgehead atoms. The first-order valence-electron chi connectivity index (χ1n) is 9.90. The van der Waals surface area contributed by atoms with E-state index in [-0.39, 0.29) is 11.8 Å². The molecule has 0 aromatic heterocycles. The molecule has 152 valence electrons. The average Bonchev–Trinajstić information content (AvgIpc) is 2.57. The highest BCUT2D eigenvalue weighted by molar-refractivity contribution is 5.82. The van der Waals surface area contributed by atoms with Crippen molar-refractivity contribution in [1.29, 1.82) is 0 Å². The molecule has 2 atom stereocenters. The molecule has 0 spiro atoms. The van der Waals surface area contributed by atoms with E-state index in [0.29, 0.717) is 36.3 Å². The molecule has 1 rings (SSSR count). The maximum absolute atomic E-state index is 12.1. The van der Waals surface area contributed by atoms with E-state index in [1.54, 1.807) is 18.2 Å². The summed E-state index contributed by atoms with van der Waals surface area (Å²) in [6.07, 6.45) is 2.72. The van der Waals surface area contributed by atoms with Gasteiger partial charge in [-0.2, -0.15) is 0 Å². The van der Waals surface area contributed by atoms with Gasteiger partial charge in [0.05, 0.1) is 18.4 Å². The largest absolute Gasteiger partial charge is 0.493 e. The van der Waals surface area contributed by atoms with Gasteiger partial charge in [-0.05, 0) is 42.7 Å². The summed E-state index contributed by atoms with van der Waals surface area (Å²) >= 11 is 0. The van der Waals surface area contributed by atoms with Crippen LogP contribution < -0.4 is 4.74 Å². The van der Waals surface area contributed by atoms with E-state index in [1.165, 1.54) is 0 Å². The fourth-order valence-corrected chi connectivity index (χ4v) is 3.34. The molecule has 0 saturated heterocycles. The number of rotatable bonds is 12. The molecule has 2 unspecified atom stereocenters. The molecule has 1 aromatic carbocycles. The van der Waals surface area contributed by atoms with E-state index in [4.69, 9.17) is 4.74 Å². The maximum atomic E-state index is 12.1. The van der Waals surface area contributed by atoms with Crippen molar-refractivity contribution in [2.45, 2.75) is 72.1 Å². The zero-order valence-electron chi connectivity index (χ0n) is 17.2. The summed E-state index contributed by atoms with van der Waals surface area (Å²) in [6, 6.07) is 5.28. The lowest BCUT2D eigenvalue weighted by atomic mass is 9.80. The van der Waals surface area contributed by atoms with Crippen molar-refractivity contribution < 1.29 is 24.5 Å². The predicted molar refractivity (Wildman–Crippen MR) is 107 cm³/mol. The molecule has 0 aliphatic carbocycles. The van der Waals surface area contributed by atoms with Gasteiger partial charge >= 0.3 is 11.9 Å². The number of hydrogen-bond donors (Lipinski definition) is 2. The van der Waals surface area contributed by atoms with Crippen LogP contribution in [0.5, 0.6) is 5.75 Å². The van der Waals surface area contributed by atoms with Crippen LogP contribution in [0.3, 0.4) is 0 Å². The Balaban J connectivity index is 3.53. The van der Waals surface area contributed by atoms with Gasteiger partial charge in [-0.25, -0.2) is 0 Å². The van der Waals surface area contributed by atoms with E-state index >= 15 is 0 Å². The molecule has 0 heterocycles. The van der Waals surface area contributed by atoms with Crippen molar-refractivity contribution in [3.63, 3.8) is 0 Å². The lowest BCUT2D eigenvalue weighted by molar-refractivity contribution is -0.140. The van der Waals surface area contributed by atoms with Gasteiger partial charge in [0.15, 0.2) is 0 Å². The number of hydrogen-bond acceptors (Lipinski definition) is 3. The predicted octanol–water partition coefficient (Wildman–Crippen LogP) is 5.29. The van der Waals surface area contributed by atoms with Crippen LogP contribution in [0.15, 0.2) is 18.2 Å². The Bertz CT molecular complexity index is 621. The molecule has 5 heteroatoms. The smallest absolute Gasteiger partial charge is 0.311 e. The third kappa shape index (κ3) is 6.89. The van der Waals surface area contributed by atoms with Crippen LogP contribution >= 0.6 is 0 Å². The van der Waals surface area contributed by atoms with Crippen molar-refractivity contribution >= 4 is 11.9 Å². The summed E-state index contributed by atoms with van der Waals surface area (Å²) in [5.41, 5.74) is 1.10. The minimum absolute atomic E-state index is 0.163. The van der Waals surface area contributed by atoms with Gasteiger partial charge in [0.25, 0.3) is 0 Å². The van der Waals surface area contributed by atoms with Gasteiger partial charge in [0, 0.05) is 5.56 Å². The van der Waals surface area contributed by atoms with Crippen molar-refractivity contribution in [3.05, 3.63) is 29.3 Å². The molecule has 0 aliphatic heterocycles. The highest BCUT2D eigenvalue weighted by atomic mass is 16.5. The zero-order valence-corrected chi connectivity index (χ0v) is 17.2. The number of carbonyl (C=O) groups is 2. The molecule has 0 aliphatic rings. The van der Waals surface area contributed by atoms with E-state index in [0.717, 1.165) is 12.8 Å². The number of unbranched alkanes of at least 4 members (excludes halogenated alkanes) is 1. The molecule has 1 aromatic rings. The zero-order chi connectivity index (χ0) is 20.6. The first kappa shape index (κ1) is 23.0. The molecule has 0 amide bonds. The van der Waals surface area contributed by atoms with Crippen LogP contribution in [-0.4, -0.2) is 28.8 Å². The highest BCUT2D eigenvalue weighted by Crippen LogP contribution is 2.39. The summed E-state index contributed by atoms with van der Waals surface area (Å²) in [6.45, 7) is 10.4. The molecule has 0 saturated carbocycles. The van der Waals surface area contributed by atoms with Crippen LogP contribution in [0.1, 0.15) is 83.3 Å². The Morgan fingerprint density at radius 1 is 0.963 bits per heavy atom. The van der Waals surface area contributed by atoms with Gasteiger partial charge < -0.3 is 14.9 Å². The topological polar surface area (TPSA) is 83.8 Å². The van der Waals surface area contributed by atoms with E-state index < -0.39 is 23.8 Å². The quantitative estimate of drug-likeness (QED) is 0.483. The standard InChI is InChI=1S/C22H34O5/c1-6-7-11-27-19-10-8-9-16(17(21(23)24)12-14(2)3)20(19)18(22(25)26)13-15(4)5/h8-10,14-15,17-18H,6-7,11-13H2,1-5H3,(H,23,24)(H,25,26). The SMILES string of the molecule is CCCCOc1cccc(C(CC(C)C)C(=O)O)c1C(CC(C)C)C(=O)O. The van der Waals surface area contributed by atoms with Crippen LogP contribution in [0.4, 0.5) is 0 Å². The molecular formula is C22H34O5. The van der Waals surface area contributed by atoms with Gasteiger partial charge in [-0.15, -0.1) is 0 Å². The Labute approximate surface area is 162 Å². The summed E-state index contributed by atoms with van der Waals surface area (Å²) in [4.78, 5) is 24.1. The Kier molecular flexibility index (Phi) is 9.33. The van der Waals surface area contributed by atoms with Gasteiger partial charge in [0.2, 0.25) is 0 Å². The second kappa shape index (κ2) is 11.0. The maximum Gasteiger partial charge on any atom is 0.311 e. The number of carboxylic acids is 2. The summed E-state index contributed by atoms with van der Waals surface area (Å²) in [5.74, 6) is -2.55. The monoisotopic (exact) mass is 378 g/mol. The first-order valence-corrected chi connectivity index (χ1v) is 9.90. The van der Waals surface area contributed by atoms with Crippen molar-refractivity contribution in [1.82, 2.24) is 0 Å².